The lowest BCUT2D eigenvalue weighted by molar-refractivity contribution is -0.176. The van der Waals surface area contributed by atoms with Gasteiger partial charge in [-0.3, -0.25) is 4.79 Å². The number of amides is 1. The van der Waals surface area contributed by atoms with E-state index in [0.717, 1.165) is 19.3 Å². The highest BCUT2D eigenvalue weighted by Gasteiger charge is 2.41. The SMILES string of the molecule is C[Si](C)(C)CCOC(=O)[C@H](CCCCCCCl)NC(=O)C(F)(F)F. The van der Waals surface area contributed by atoms with Gasteiger partial charge in [0.15, 0.2) is 0 Å². The fraction of sp³-hybridized carbons (Fsp3) is 0.867. The van der Waals surface area contributed by atoms with Gasteiger partial charge in [-0.15, -0.1) is 11.6 Å². The van der Waals surface area contributed by atoms with Gasteiger partial charge in [0, 0.05) is 14.0 Å². The van der Waals surface area contributed by atoms with E-state index in [9.17, 15) is 22.8 Å². The maximum absolute atomic E-state index is 12.4. The third kappa shape index (κ3) is 11.7. The minimum absolute atomic E-state index is 0.121. The van der Waals surface area contributed by atoms with E-state index in [1.165, 1.54) is 0 Å². The van der Waals surface area contributed by atoms with Gasteiger partial charge >= 0.3 is 18.1 Å². The number of halogens is 4. The van der Waals surface area contributed by atoms with Gasteiger partial charge in [-0.05, 0) is 18.9 Å². The molecule has 0 bridgehead atoms. The zero-order valence-corrected chi connectivity index (χ0v) is 16.2. The molecule has 0 aliphatic heterocycles. The summed E-state index contributed by atoms with van der Waals surface area (Å²) in [6.45, 7) is 6.46. The summed E-state index contributed by atoms with van der Waals surface area (Å²) in [6.07, 6.45) is -2.02. The molecular formula is C15H27ClF3NO3Si. The van der Waals surface area contributed by atoms with Crippen molar-refractivity contribution in [3.8, 4) is 0 Å². The second kappa shape index (κ2) is 11.0. The topological polar surface area (TPSA) is 55.4 Å². The number of carbonyl (C=O) groups is 2. The minimum Gasteiger partial charge on any atom is -0.464 e. The molecule has 1 atom stereocenters. The third-order valence-corrected chi connectivity index (χ3v) is 5.29. The molecule has 0 aliphatic rings. The largest absolute Gasteiger partial charge is 0.471 e. The van der Waals surface area contributed by atoms with E-state index >= 15 is 0 Å². The van der Waals surface area contributed by atoms with E-state index in [0.29, 0.717) is 18.3 Å². The lowest BCUT2D eigenvalue weighted by Crippen LogP contribution is -2.47. The van der Waals surface area contributed by atoms with Gasteiger partial charge in [0.05, 0.1) is 6.61 Å². The van der Waals surface area contributed by atoms with Crippen molar-refractivity contribution >= 4 is 31.6 Å². The molecule has 0 saturated heterocycles. The highest BCUT2D eigenvalue weighted by molar-refractivity contribution is 6.76. The van der Waals surface area contributed by atoms with Gasteiger partial charge in [0.2, 0.25) is 0 Å². The van der Waals surface area contributed by atoms with Gasteiger partial charge < -0.3 is 10.1 Å². The Balaban J connectivity index is 4.54. The van der Waals surface area contributed by atoms with Crippen molar-refractivity contribution in [3.63, 3.8) is 0 Å². The highest BCUT2D eigenvalue weighted by Crippen LogP contribution is 2.16. The van der Waals surface area contributed by atoms with Crippen molar-refractivity contribution in [2.24, 2.45) is 0 Å². The number of unbranched alkanes of at least 4 members (excludes halogenated alkanes) is 3. The molecule has 0 radical (unpaired) electrons. The smallest absolute Gasteiger partial charge is 0.464 e. The minimum atomic E-state index is -5.02. The van der Waals surface area contributed by atoms with Crippen LogP contribution in [0, 0.1) is 0 Å². The molecule has 0 spiro atoms. The van der Waals surface area contributed by atoms with Gasteiger partial charge in [0.1, 0.15) is 6.04 Å². The van der Waals surface area contributed by atoms with Crippen LogP contribution >= 0.6 is 11.6 Å². The Morgan fingerprint density at radius 3 is 2.21 bits per heavy atom. The molecule has 1 amide bonds. The van der Waals surface area contributed by atoms with E-state index in [1.54, 1.807) is 5.32 Å². The first-order valence-electron chi connectivity index (χ1n) is 8.07. The summed E-state index contributed by atoms with van der Waals surface area (Å²) in [5.41, 5.74) is 0. The van der Waals surface area contributed by atoms with E-state index in [2.05, 4.69) is 19.6 Å². The van der Waals surface area contributed by atoms with Crippen LogP contribution in [0.5, 0.6) is 0 Å². The summed E-state index contributed by atoms with van der Waals surface area (Å²) >= 11 is 5.55. The Hall–Kier alpha value is -0.763. The number of carbonyl (C=O) groups excluding carboxylic acids is 2. The van der Waals surface area contributed by atoms with Crippen molar-refractivity contribution < 1.29 is 27.5 Å². The average Bonchev–Trinajstić information content (AvgIpc) is 2.43. The van der Waals surface area contributed by atoms with Crippen molar-refractivity contribution in [2.45, 2.75) is 70.0 Å². The Kier molecular flexibility index (Phi) is 10.6. The van der Waals surface area contributed by atoms with E-state index in [4.69, 9.17) is 16.3 Å². The number of alkyl halides is 4. The zero-order valence-electron chi connectivity index (χ0n) is 14.5. The van der Waals surface area contributed by atoms with E-state index < -0.39 is 32.2 Å². The van der Waals surface area contributed by atoms with E-state index in [1.807, 2.05) is 0 Å². The Morgan fingerprint density at radius 1 is 1.12 bits per heavy atom. The summed E-state index contributed by atoms with van der Waals surface area (Å²) in [7, 11) is -1.42. The Labute approximate surface area is 147 Å². The summed E-state index contributed by atoms with van der Waals surface area (Å²) < 4.78 is 42.3. The van der Waals surface area contributed by atoms with Crippen LogP contribution in [0.1, 0.15) is 32.1 Å². The van der Waals surface area contributed by atoms with Crippen molar-refractivity contribution in [1.29, 1.82) is 0 Å². The quantitative estimate of drug-likeness (QED) is 0.250. The third-order valence-electron chi connectivity index (χ3n) is 3.32. The summed E-state index contributed by atoms with van der Waals surface area (Å²) in [5, 5.41) is 1.74. The van der Waals surface area contributed by atoms with Crippen LogP contribution in [-0.2, 0) is 14.3 Å². The normalized spacial score (nSPS) is 13.5. The van der Waals surface area contributed by atoms with E-state index in [-0.39, 0.29) is 13.0 Å². The monoisotopic (exact) mass is 389 g/mol. The Bertz CT molecular complexity index is 400. The number of rotatable bonds is 11. The molecule has 1 N–H and O–H groups in total. The first-order valence-corrected chi connectivity index (χ1v) is 12.3. The van der Waals surface area contributed by atoms with Gasteiger partial charge in [0.25, 0.3) is 0 Å². The van der Waals surface area contributed by atoms with Crippen molar-refractivity contribution in [3.05, 3.63) is 0 Å². The standard InChI is InChI=1S/C15H27ClF3NO3Si/c1-24(2,3)11-10-23-13(21)12(8-6-4-5-7-9-16)20-14(22)15(17,18)19/h12H,4-11H2,1-3H3,(H,20,22)/t12-/m0/s1. The van der Waals surface area contributed by atoms with Crippen LogP contribution in [-0.4, -0.2) is 44.7 Å². The maximum Gasteiger partial charge on any atom is 0.471 e. The Morgan fingerprint density at radius 2 is 1.71 bits per heavy atom. The number of hydrogen-bond donors (Lipinski definition) is 1. The van der Waals surface area contributed by atoms with Crippen LogP contribution in [0.15, 0.2) is 0 Å². The lowest BCUT2D eigenvalue weighted by atomic mass is 10.1. The average molecular weight is 390 g/mol. The van der Waals surface area contributed by atoms with Crippen LogP contribution in [0.3, 0.4) is 0 Å². The molecule has 0 heterocycles. The molecule has 0 aliphatic carbocycles. The fourth-order valence-electron chi connectivity index (χ4n) is 1.84. The lowest BCUT2D eigenvalue weighted by Gasteiger charge is -2.20. The summed E-state index contributed by atoms with van der Waals surface area (Å²) in [6, 6.07) is -0.550. The van der Waals surface area contributed by atoms with Crippen LogP contribution < -0.4 is 5.32 Å². The van der Waals surface area contributed by atoms with Crippen LogP contribution in [0.25, 0.3) is 0 Å². The molecular weight excluding hydrogens is 363 g/mol. The fourth-order valence-corrected chi connectivity index (χ4v) is 2.75. The van der Waals surface area contributed by atoms with Crippen LogP contribution in [0.2, 0.25) is 25.7 Å². The predicted molar refractivity (Wildman–Crippen MR) is 90.9 cm³/mol. The molecule has 24 heavy (non-hydrogen) atoms. The van der Waals surface area contributed by atoms with Gasteiger partial charge in [-0.2, -0.15) is 13.2 Å². The zero-order chi connectivity index (χ0) is 18.8. The predicted octanol–water partition coefficient (Wildman–Crippen LogP) is 4.10. The first kappa shape index (κ1) is 23.2. The molecule has 0 unspecified atom stereocenters. The molecule has 0 fully saturated rings. The van der Waals surface area contributed by atoms with Gasteiger partial charge in [-0.1, -0.05) is 38.9 Å². The highest BCUT2D eigenvalue weighted by atomic mass is 35.5. The number of esters is 1. The van der Waals surface area contributed by atoms with Crippen LogP contribution in [0.4, 0.5) is 13.2 Å². The number of nitrogens with one attached hydrogen (secondary N) is 1. The maximum atomic E-state index is 12.4. The molecule has 142 valence electrons. The molecule has 0 aromatic rings. The second-order valence-corrected chi connectivity index (χ2v) is 12.9. The summed E-state index contributed by atoms with van der Waals surface area (Å²) in [5.74, 6) is -2.40. The van der Waals surface area contributed by atoms with Crippen molar-refractivity contribution in [2.75, 3.05) is 12.5 Å². The van der Waals surface area contributed by atoms with Gasteiger partial charge in [-0.25, -0.2) is 4.79 Å². The molecule has 0 aromatic heterocycles. The molecule has 0 saturated carbocycles. The molecule has 9 heteroatoms. The second-order valence-electron chi connectivity index (χ2n) is 6.89. The molecule has 0 rings (SSSR count). The number of ether oxygens (including phenoxy) is 1. The molecule has 0 aromatic carbocycles. The number of hydrogen-bond acceptors (Lipinski definition) is 3. The first-order chi connectivity index (χ1) is 11.0. The molecule has 4 nitrogen and oxygen atoms in total. The summed E-state index contributed by atoms with van der Waals surface area (Å²) in [4.78, 5) is 23.1. The van der Waals surface area contributed by atoms with Crippen molar-refractivity contribution in [1.82, 2.24) is 5.32 Å².